The van der Waals surface area contributed by atoms with E-state index in [4.69, 9.17) is 4.74 Å². The molecule has 82 valence electrons. The molecule has 1 heterocycles. The van der Waals surface area contributed by atoms with Crippen molar-refractivity contribution in [3.63, 3.8) is 0 Å². The van der Waals surface area contributed by atoms with Crippen LogP contribution < -0.4 is 5.32 Å². The Morgan fingerprint density at radius 2 is 2.21 bits per heavy atom. The van der Waals surface area contributed by atoms with Gasteiger partial charge in [0, 0.05) is 5.92 Å². The smallest absolute Gasteiger partial charge is 0.110 e. The zero-order valence-electron chi connectivity index (χ0n) is 9.75. The number of hydrogen-bond donors (Lipinski definition) is 1. The van der Waals surface area contributed by atoms with Crippen molar-refractivity contribution in [1.29, 1.82) is 0 Å². The van der Waals surface area contributed by atoms with Gasteiger partial charge in [0.1, 0.15) is 12.6 Å². The average Bonchev–Trinajstić information content (AvgIpc) is 2.01. The van der Waals surface area contributed by atoms with E-state index in [0.29, 0.717) is 12.2 Å². The van der Waals surface area contributed by atoms with Gasteiger partial charge in [-0.2, -0.15) is 0 Å². The van der Waals surface area contributed by atoms with Crippen LogP contribution in [0.5, 0.6) is 0 Å². The van der Waals surface area contributed by atoms with Crippen LogP contribution in [0.2, 0.25) is 0 Å². The minimum Gasteiger partial charge on any atom is -0.369 e. The molecule has 1 fully saturated rings. The first kappa shape index (κ1) is 11.7. The van der Waals surface area contributed by atoms with Crippen LogP contribution in [0.25, 0.3) is 0 Å². The fraction of sp³-hybridized carbons (Fsp3) is 0.833. The first-order chi connectivity index (χ1) is 6.58. The standard InChI is InChI=1S/C12H23NO/c1-9(2)7-13-8-12-6-10(3)5-11(4)14-12/h9,11-13H,3,5-8H2,1-2,4H3/p+1/t11-,12+/m1/s1. The Kier molecular flexibility index (Phi) is 4.63. The monoisotopic (exact) mass is 198 g/mol. The number of hydrogen-bond acceptors (Lipinski definition) is 1. The second-order valence-corrected chi connectivity index (χ2v) is 4.88. The van der Waals surface area contributed by atoms with E-state index in [-0.39, 0.29) is 0 Å². The quantitative estimate of drug-likeness (QED) is 0.678. The van der Waals surface area contributed by atoms with Crippen molar-refractivity contribution < 1.29 is 10.1 Å². The molecular weight excluding hydrogens is 174 g/mol. The number of rotatable bonds is 4. The fourth-order valence-electron chi connectivity index (χ4n) is 1.99. The van der Waals surface area contributed by atoms with Crippen molar-refractivity contribution in [2.45, 2.75) is 45.8 Å². The molecule has 0 aromatic carbocycles. The highest BCUT2D eigenvalue weighted by Gasteiger charge is 2.22. The van der Waals surface area contributed by atoms with Crippen molar-refractivity contribution >= 4 is 0 Å². The molecule has 1 aliphatic heterocycles. The van der Waals surface area contributed by atoms with Gasteiger partial charge in [0.15, 0.2) is 0 Å². The lowest BCUT2D eigenvalue weighted by molar-refractivity contribution is -0.666. The summed E-state index contributed by atoms with van der Waals surface area (Å²) in [5.41, 5.74) is 1.35. The van der Waals surface area contributed by atoms with Gasteiger partial charge >= 0.3 is 0 Å². The van der Waals surface area contributed by atoms with Gasteiger partial charge in [0.25, 0.3) is 0 Å². The molecule has 2 nitrogen and oxygen atoms in total. The van der Waals surface area contributed by atoms with Gasteiger partial charge in [-0.25, -0.2) is 0 Å². The first-order valence-corrected chi connectivity index (χ1v) is 5.71. The summed E-state index contributed by atoms with van der Waals surface area (Å²) >= 11 is 0. The molecular formula is C12H24NO+. The Bertz CT molecular complexity index is 189. The molecule has 0 saturated carbocycles. The Morgan fingerprint density at radius 3 is 2.79 bits per heavy atom. The molecule has 2 heteroatoms. The van der Waals surface area contributed by atoms with Gasteiger partial charge < -0.3 is 10.1 Å². The largest absolute Gasteiger partial charge is 0.369 e. The molecule has 0 bridgehead atoms. The first-order valence-electron chi connectivity index (χ1n) is 5.71. The lowest BCUT2D eigenvalue weighted by Gasteiger charge is -2.28. The van der Waals surface area contributed by atoms with Gasteiger partial charge in [0.2, 0.25) is 0 Å². The van der Waals surface area contributed by atoms with Crippen molar-refractivity contribution in [3.8, 4) is 0 Å². The van der Waals surface area contributed by atoms with E-state index in [0.717, 1.165) is 25.3 Å². The molecule has 0 aliphatic carbocycles. The minimum absolute atomic E-state index is 0.369. The van der Waals surface area contributed by atoms with Crippen molar-refractivity contribution in [3.05, 3.63) is 12.2 Å². The summed E-state index contributed by atoms with van der Waals surface area (Å²) in [5.74, 6) is 0.763. The van der Waals surface area contributed by atoms with Gasteiger partial charge in [-0.05, 0) is 19.8 Å². The molecule has 0 aromatic rings. The fourth-order valence-corrected chi connectivity index (χ4v) is 1.99. The molecule has 2 atom stereocenters. The molecule has 1 aliphatic rings. The lowest BCUT2D eigenvalue weighted by Crippen LogP contribution is -2.87. The van der Waals surface area contributed by atoms with Gasteiger partial charge in [-0.15, -0.1) is 0 Å². The van der Waals surface area contributed by atoms with Crippen molar-refractivity contribution in [1.82, 2.24) is 0 Å². The highest BCUT2D eigenvalue weighted by Crippen LogP contribution is 2.21. The maximum absolute atomic E-state index is 5.85. The van der Waals surface area contributed by atoms with E-state index in [2.05, 4.69) is 32.7 Å². The van der Waals surface area contributed by atoms with E-state index in [1.54, 1.807) is 0 Å². The van der Waals surface area contributed by atoms with Crippen LogP contribution in [-0.2, 0) is 4.74 Å². The van der Waals surface area contributed by atoms with Gasteiger partial charge in [-0.3, -0.25) is 0 Å². The molecule has 0 aromatic heterocycles. The summed E-state index contributed by atoms with van der Waals surface area (Å²) in [6, 6.07) is 0. The highest BCUT2D eigenvalue weighted by molar-refractivity contribution is 5.01. The predicted molar refractivity (Wildman–Crippen MR) is 59.2 cm³/mol. The lowest BCUT2D eigenvalue weighted by atomic mass is 10.00. The average molecular weight is 198 g/mol. The molecule has 1 rings (SSSR count). The topological polar surface area (TPSA) is 25.8 Å². The minimum atomic E-state index is 0.369. The van der Waals surface area contributed by atoms with E-state index in [1.165, 1.54) is 12.1 Å². The zero-order valence-corrected chi connectivity index (χ0v) is 9.75. The van der Waals surface area contributed by atoms with Crippen molar-refractivity contribution in [2.24, 2.45) is 5.92 Å². The van der Waals surface area contributed by atoms with Crippen LogP contribution in [0, 0.1) is 5.92 Å². The molecule has 0 amide bonds. The second kappa shape index (κ2) is 5.52. The summed E-state index contributed by atoms with van der Waals surface area (Å²) in [6.07, 6.45) is 2.86. The van der Waals surface area contributed by atoms with Crippen LogP contribution >= 0.6 is 0 Å². The third kappa shape index (κ3) is 4.25. The van der Waals surface area contributed by atoms with Crippen molar-refractivity contribution in [2.75, 3.05) is 13.1 Å². The third-order valence-corrected chi connectivity index (χ3v) is 2.58. The molecule has 0 radical (unpaired) electrons. The van der Waals surface area contributed by atoms with E-state index >= 15 is 0 Å². The predicted octanol–water partition coefficient (Wildman–Crippen LogP) is 1.33. The van der Waals surface area contributed by atoms with Gasteiger partial charge in [0.05, 0.1) is 12.6 Å². The summed E-state index contributed by atoms with van der Waals surface area (Å²) in [7, 11) is 0. The van der Waals surface area contributed by atoms with Crippen LogP contribution in [0.4, 0.5) is 0 Å². The normalized spacial score (nSPS) is 28.4. The van der Waals surface area contributed by atoms with Crippen LogP contribution in [0.3, 0.4) is 0 Å². The Labute approximate surface area is 87.7 Å². The molecule has 1 saturated heterocycles. The van der Waals surface area contributed by atoms with Crippen LogP contribution in [-0.4, -0.2) is 25.3 Å². The summed E-state index contributed by atoms with van der Waals surface area (Å²) < 4.78 is 5.85. The van der Waals surface area contributed by atoms with Gasteiger partial charge in [-0.1, -0.05) is 26.0 Å². The summed E-state index contributed by atoms with van der Waals surface area (Å²) in [6.45, 7) is 13.0. The summed E-state index contributed by atoms with van der Waals surface area (Å²) in [5, 5.41) is 2.36. The maximum Gasteiger partial charge on any atom is 0.110 e. The number of nitrogens with two attached hydrogens (primary N) is 1. The molecule has 0 spiro atoms. The summed E-state index contributed by atoms with van der Waals surface area (Å²) in [4.78, 5) is 0. The third-order valence-electron chi connectivity index (χ3n) is 2.58. The highest BCUT2D eigenvalue weighted by atomic mass is 16.5. The Morgan fingerprint density at radius 1 is 1.50 bits per heavy atom. The molecule has 0 unspecified atom stereocenters. The van der Waals surface area contributed by atoms with Crippen LogP contribution in [0.15, 0.2) is 12.2 Å². The van der Waals surface area contributed by atoms with E-state index in [9.17, 15) is 0 Å². The Hall–Kier alpha value is -0.340. The number of ether oxygens (including phenoxy) is 1. The molecule has 14 heavy (non-hydrogen) atoms. The van der Waals surface area contributed by atoms with Crippen LogP contribution in [0.1, 0.15) is 33.6 Å². The Balaban J connectivity index is 2.20. The SMILES string of the molecule is C=C1C[C@@H](C[NH2+]CC(C)C)O[C@H](C)C1. The second-order valence-electron chi connectivity index (χ2n) is 4.88. The van der Waals surface area contributed by atoms with E-state index < -0.39 is 0 Å². The maximum atomic E-state index is 5.85. The number of quaternary nitrogens is 1. The van der Waals surface area contributed by atoms with E-state index in [1.807, 2.05) is 0 Å². The zero-order chi connectivity index (χ0) is 10.6. The molecule has 2 N–H and O–H groups in total.